The van der Waals surface area contributed by atoms with Gasteiger partial charge in [-0.1, -0.05) is 30.3 Å². The number of benzene rings is 2. The highest BCUT2D eigenvalue weighted by molar-refractivity contribution is 5.83. The molecule has 0 radical (unpaired) electrons. The van der Waals surface area contributed by atoms with Crippen LogP contribution in [-0.4, -0.2) is 62.6 Å². The highest BCUT2D eigenvalue weighted by atomic mass is 19.3. The second kappa shape index (κ2) is 9.75. The fraction of sp³-hybridized carbons (Fsp3) is 0.391. The predicted octanol–water partition coefficient (Wildman–Crippen LogP) is 3.42. The van der Waals surface area contributed by atoms with Gasteiger partial charge in [-0.3, -0.25) is 9.69 Å². The van der Waals surface area contributed by atoms with Crippen LogP contribution < -0.4 is 9.64 Å². The molecule has 6 nitrogen and oxygen atoms in total. The van der Waals surface area contributed by atoms with Gasteiger partial charge in [0.1, 0.15) is 6.04 Å². The number of nitriles is 1. The Morgan fingerprint density at radius 3 is 2.32 bits per heavy atom. The van der Waals surface area contributed by atoms with Gasteiger partial charge in [-0.2, -0.15) is 14.0 Å². The van der Waals surface area contributed by atoms with Gasteiger partial charge in [0.05, 0.1) is 17.3 Å². The van der Waals surface area contributed by atoms with E-state index in [0.717, 1.165) is 5.56 Å². The van der Waals surface area contributed by atoms with Gasteiger partial charge in [0.15, 0.2) is 5.75 Å². The van der Waals surface area contributed by atoms with Crippen LogP contribution >= 0.6 is 0 Å². The summed E-state index contributed by atoms with van der Waals surface area (Å²) in [6, 6.07) is 14.3. The number of halogens is 2. The maximum absolute atomic E-state index is 13.0. The zero-order chi connectivity index (χ0) is 22.5. The number of anilines is 1. The third-order valence-electron chi connectivity index (χ3n) is 5.45. The molecule has 1 aliphatic rings. The van der Waals surface area contributed by atoms with Crippen molar-refractivity contribution in [3.8, 4) is 11.8 Å². The first-order valence-electron chi connectivity index (χ1n) is 10.1. The fourth-order valence-corrected chi connectivity index (χ4v) is 3.84. The van der Waals surface area contributed by atoms with Crippen LogP contribution in [0, 0.1) is 18.3 Å². The molecule has 1 fully saturated rings. The van der Waals surface area contributed by atoms with Crippen molar-refractivity contribution < 1.29 is 18.3 Å². The first-order valence-corrected chi connectivity index (χ1v) is 10.1. The molecule has 1 amide bonds. The van der Waals surface area contributed by atoms with Gasteiger partial charge in [0, 0.05) is 46.3 Å². The molecule has 0 bridgehead atoms. The Bertz CT molecular complexity index is 952. The lowest BCUT2D eigenvalue weighted by Crippen LogP contribution is -2.51. The SMILES string of the molecule is Cc1cc(N2CCN(C(C(=O)N(C)C)c3ccccc3)CC2)c(OC(F)F)cc1C#N. The van der Waals surface area contributed by atoms with E-state index in [9.17, 15) is 18.8 Å². The van der Waals surface area contributed by atoms with Crippen molar-refractivity contribution in [1.29, 1.82) is 5.26 Å². The molecule has 1 saturated heterocycles. The van der Waals surface area contributed by atoms with Crippen LogP contribution in [-0.2, 0) is 4.79 Å². The second-order valence-electron chi connectivity index (χ2n) is 7.69. The number of piperazine rings is 1. The first-order chi connectivity index (χ1) is 14.8. The number of hydrogen-bond donors (Lipinski definition) is 0. The number of hydrogen-bond acceptors (Lipinski definition) is 5. The van der Waals surface area contributed by atoms with Crippen LogP contribution in [0.5, 0.6) is 5.75 Å². The van der Waals surface area contributed by atoms with Crippen molar-refractivity contribution in [2.75, 3.05) is 45.2 Å². The maximum Gasteiger partial charge on any atom is 0.387 e. The van der Waals surface area contributed by atoms with Gasteiger partial charge < -0.3 is 14.5 Å². The predicted molar refractivity (Wildman–Crippen MR) is 114 cm³/mol. The molecular weight excluding hydrogens is 402 g/mol. The molecule has 0 aliphatic carbocycles. The normalized spacial score (nSPS) is 15.5. The van der Waals surface area contributed by atoms with E-state index in [-0.39, 0.29) is 11.7 Å². The van der Waals surface area contributed by atoms with Crippen LogP contribution in [0.2, 0.25) is 0 Å². The summed E-state index contributed by atoms with van der Waals surface area (Å²) in [5.41, 5.74) is 2.46. The van der Waals surface area contributed by atoms with Crippen LogP contribution in [0.3, 0.4) is 0 Å². The summed E-state index contributed by atoms with van der Waals surface area (Å²) < 4.78 is 30.6. The van der Waals surface area contributed by atoms with E-state index in [2.05, 4.69) is 4.90 Å². The Kier molecular flexibility index (Phi) is 7.08. The number of aryl methyl sites for hydroxylation is 1. The van der Waals surface area contributed by atoms with E-state index in [1.165, 1.54) is 6.07 Å². The molecule has 1 unspecified atom stereocenters. The lowest BCUT2D eigenvalue weighted by Gasteiger charge is -2.40. The van der Waals surface area contributed by atoms with Crippen molar-refractivity contribution >= 4 is 11.6 Å². The highest BCUT2D eigenvalue weighted by Gasteiger charge is 2.32. The number of ether oxygens (including phenoxy) is 1. The van der Waals surface area contributed by atoms with Gasteiger partial charge in [0.25, 0.3) is 0 Å². The minimum absolute atomic E-state index is 0.00408. The number of alkyl halides is 2. The van der Waals surface area contributed by atoms with Crippen LogP contribution in [0.25, 0.3) is 0 Å². The largest absolute Gasteiger partial charge is 0.433 e. The van der Waals surface area contributed by atoms with E-state index in [4.69, 9.17) is 4.74 Å². The van der Waals surface area contributed by atoms with Crippen LogP contribution in [0.15, 0.2) is 42.5 Å². The van der Waals surface area contributed by atoms with Crippen molar-refractivity contribution in [3.05, 3.63) is 59.2 Å². The van der Waals surface area contributed by atoms with Crippen molar-refractivity contribution in [2.24, 2.45) is 0 Å². The van der Waals surface area contributed by atoms with Gasteiger partial charge in [-0.25, -0.2) is 0 Å². The monoisotopic (exact) mass is 428 g/mol. The Morgan fingerprint density at radius 2 is 1.77 bits per heavy atom. The van der Waals surface area contributed by atoms with E-state index in [1.54, 1.807) is 32.0 Å². The van der Waals surface area contributed by atoms with Gasteiger partial charge in [0.2, 0.25) is 5.91 Å². The molecule has 164 valence electrons. The molecule has 1 aliphatic heterocycles. The smallest absolute Gasteiger partial charge is 0.387 e. The average molecular weight is 428 g/mol. The summed E-state index contributed by atoms with van der Waals surface area (Å²) in [5, 5.41) is 9.23. The van der Waals surface area contributed by atoms with E-state index >= 15 is 0 Å². The molecule has 1 heterocycles. The summed E-state index contributed by atoms with van der Waals surface area (Å²) in [4.78, 5) is 18.6. The second-order valence-corrected chi connectivity index (χ2v) is 7.69. The summed E-state index contributed by atoms with van der Waals surface area (Å²) in [7, 11) is 3.48. The molecular formula is C23H26F2N4O2. The number of amides is 1. The molecule has 0 spiro atoms. The summed E-state index contributed by atoms with van der Waals surface area (Å²) in [5.74, 6) is -0.00910. The van der Waals surface area contributed by atoms with E-state index < -0.39 is 12.7 Å². The van der Waals surface area contributed by atoms with E-state index in [1.807, 2.05) is 41.3 Å². The minimum Gasteiger partial charge on any atom is -0.433 e. The summed E-state index contributed by atoms with van der Waals surface area (Å²) >= 11 is 0. The molecule has 2 aromatic rings. The van der Waals surface area contributed by atoms with Crippen molar-refractivity contribution in [2.45, 2.75) is 19.6 Å². The number of carbonyl (C=O) groups excluding carboxylic acids is 1. The number of likely N-dealkylation sites (N-methyl/N-ethyl adjacent to an activating group) is 1. The van der Waals surface area contributed by atoms with Crippen LogP contribution in [0.4, 0.5) is 14.5 Å². The summed E-state index contributed by atoms with van der Waals surface area (Å²) in [6.45, 7) is 1.02. The first kappa shape index (κ1) is 22.5. The average Bonchev–Trinajstić information content (AvgIpc) is 2.75. The zero-order valence-corrected chi connectivity index (χ0v) is 17.9. The molecule has 0 N–H and O–H groups in total. The number of rotatable bonds is 6. The van der Waals surface area contributed by atoms with Crippen molar-refractivity contribution in [1.82, 2.24) is 9.80 Å². The quantitative estimate of drug-likeness (QED) is 0.706. The van der Waals surface area contributed by atoms with Gasteiger partial charge >= 0.3 is 6.61 Å². The molecule has 8 heteroatoms. The Labute approximate surface area is 181 Å². The molecule has 2 aromatic carbocycles. The van der Waals surface area contributed by atoms with Gasteiger partial charge in [-0.05, 0) is 24.1 Å². The van der Waals surface area contributed by atoms with Gasteiger partial charge in [-0.15, -0.1) is 0 Å². The Balaban J connectivity index is 1.83. The molecule has 0 aromatic heterocycles. The fourth-order valence-electron chi connectivity index (χ4n) is 3.84. The number of carbonyl (C=O) groups is 1. The summed E-state index contributed by atoms with van der Waals surface area (Å²) in [6.07, 6.45) is 0. The van der Waals surface area contributed by atoms with Crippen molar-refractivity contribution in [3.63, 3.8) is 0 Å². The topological polar surface area (TPSA) is 59.8 Å². The maximum atomic E-state index is 13.0. The molecule has 3 rings (SSSR count). The highest BCUT2D eigenvalue weighted by Crippen LogP contribution is 2.34. The molecule has 31 heavy (non-hydrogen) atoms. The molecule has 1 atom stereocenters. The van der Waals surface area contributed by atoms with E-state index in [0.29, 0.717) is 43.0 Å². The lowest BCUT2D eigenvalue weighted by atomic mass is 10.0. The Morgan fingerprint density at radius 1 is 1.13 bits per heavy atom. The molecule has 0 saturated carbocycles. The third-order valence-corrected chi connectivity index (χ3v) is 5.45. The zero-order valence-electron chi connectivity index (χ0n) is 17.9. The minimum atomic E-state index is -2.98. The number of nitrogens with zero attached hydrogens (tertiary/aromatic N) is 4. The Hall–Kier alpha value is -3.18. The standard InChI is InChI=1S/C23H26F2N4O2/c1-16-13-19(20(31-23(24)25)14-18(16)15-26)28-9-11-29(12-10-28)21(22(30)27(2)3)17-7-5-4-6-8-17/h4-8,13-14,21,23H,9-12H2,1-3H3. The van der Waals surface area contributed by atoms with Crippen LogP contribution in [0.1, 0.15) is 22.7 Å². The third kappa shape index (κ3) is 5.12. The lowest BCUT2D eigenvalue weighted by molar-refractivity contribution is -0.134.